The number of fused-ring (bicyclic) bond motifs is 1. The number of hydrogen-bond donors (Lipinski definition) is 1. The first-order valence-corrected chi connectivity index (χ1v) is 6.19. The molecule has 1 aliphatic carbocycles. The zero-order chi connectivity index (χ0) is 14.1. The van der Waals surface area contributed by atoms with Crippen LogP contribution in [0.3, 0.4) is 0 Å². The van der Waals surface area contributed by atoms with E-state index in [-0.39, 0.29) is 12.8 Å². The van der Waals surface area contributed by atoms with E-state index in [9.17, 15) is 23.1 Å². The van der Waals surface area contributed by atoms with Crippen LogP contribution in [0.1, 0.15) is 30.4 Å². The number of aliphatic carboxylic acids is 1. The number of carbonyl (C=O) groups is 1. The second-order valence-corrected chi connectivity index (χ2v) is 5.18. The van der Waals surface area contributed by atoms with Crippen molar-refractivity contribution >= 4 is 5.97 Å². The molecule has 0 amide bonds. The average Bonchev–Trinajstić information content (AvgIpc) is 2.66. The third kappa shape index (κ3) is 3.08. The molecule has 0 heterocycles. The summed E-state index contributed by atoms with van der Waals surface area (Å²) in [7, 11) is 0. The van der Waals surface area contributed by atoms with Gasteiger partial charge in [-0.3, -0.25) is 4.79 Å². The van der Waals surface area contributed by atoms with Crippen LogP contribution in [-0.4, -0.2) is 17.3 Å². The molecule has 0 radical (unpaired) electrons. The van der Waals surface area contributed by atoms with Gasteiger partial charge in [-0.05, 0) is 36.8 Å². The number of carboxylic acid groups (broad SMARTS) is 1. The standard InChI is InChI=1S/C14H15F3O2/c15-14(16,17)7-3-6-13(12(18)19)8-10-4-1-2-5-11(10)9-13/h1-2,4-5H,3,6-9H2,(H,18,19). The van der Waals surface area contributed by atoms with Crippen molar-refractivity contribution < 1.29 is 23.1 Å². The van der Waals surface area contributed by atoms with E-state index in [1.165, 1.54) is 0 Å². The van der Waals surface area contributed by atoms with Crippen LogP contribution < -0.4 is 0 Å². The number of carboxylic acids is 1. The molecular weight excluding hydrogens is 257 g/mol. The van der Waals surface area contributed by atoms with Gasteiger partial charge in [0.1, 0.15) is 0 Å². The Morgan fingerprint density at radius 1 is 1.21 bits per heavy atom. The largest absolute Gasteiger partial charge is 0.481 e. The summed E-state index contributed by atoms with van der Waals surface area (Å²) in [6.07, 6.45) is -4.55. The smallest absolute Gasteiger partial charge is 0.389 e. The highest BCUT2D eigenvalue weighted by Gasteiger charge is 2.44. The molecule has 104 valence electrons. The van der Waals surface area contributed by atoms with Crippen molar-refractivity contribution in [3.63, 3.8) is 0 Å². The lowest BCUT2D eigenvalue weighted by Gasteiger charge is -2.24. The summed E-state index contributed by atoms with van der Waals surface area (Å²) >= 11 is 0. The lowest BCUT2D eigenvalue weighted by molar-refractivity contribution is -0.152. The molecule has 0 spiro atoms. The monoisotopic (exact) mass is 272 g/mol. The molecule has 2 rings (SSSR count). The summed E-state index contributed by atoms with van der Waals surface area (Å²) < 4.78 is 36.5. The van der Waals surface area contributed by atoms with Crippen LogP contribution in [-0.2, 0) is 17.6 Å². The second kappa shape index (κ2) is 4.87. The van der Waals surface area contributed by atoms with Gasteiger partial charge in [-0.25, -0.2) is 0 Å². The number of alkyl halides is 3. The van der Waals surface area contributed by atoms with Gasteiger partial charge in [0.05, 0.1) is 5.41 Å². The molecule has 19 heavy (non-hydrogen) atoms. The van der Waals surface area contributed by atoms with Gasteiger partial charge < -0.3 is 5.11 Å². The topological polar surface area (TPSA) is 37.3 Å². The Bertz CT molecular complexity index is 455. The van der Waals surface area contributed by atoms with Crippen LogP contribution in [0.25, 0.3) is 0 Å². The Morgan fingerprint density at radius 3 is 2.16 bits per heavy atom. The van der Waals surface area contributed by atoms with Crippen molar-refractivity contribution in [1.29, 1.82) is 0 Å². The first kappa shape index (κ1) is 13.9. The van der Waals surface area contributed by atoms with Crippen LogP contribution >= 0.6 is 0 Å². The lowest BCUT2D eigenvalue weighted by Crippen LogP contribution is -2.32. The van der Waals surface area contributed by atoms with E-state index < -0.39 is 24.0 Å². The minimum Gasteiger partial charge on any atom is -0.481 e. The Labute approximate surface area is 109 Å². The third-order valence-corrected chi connectivity index (χ3v) is 3.75. The maximum Gasteiger partial charge on any atom is 0.389 e. The van der Waals surface area contributed by atoms with Gasteiger partial charge in [-0.2, -0.15) is 13.2 Å². The average molecular weight is 272 g/mol. The predicted octanol–water partition coefficient (Wildman–Crippen LogP) is 3.59. The van der Waals surface area contributed by atoms with Crippen molar-refractivity contribution in [2.75, 3.05) is 0 Å². The summed E-state index contributed by atoms with van der Waals surface area (Å²) in [6, 6.07) is 7.35. The van der Waals surface area contributed by atoms with E-state index in [1.807, 2.05) is 24.3 Å². The zero-order valence-corrected chi connectivity index (χ0v) is 10.3. The summed E-state index contributed by atoms with van der Waals surface area (Å²) in [5.74, 6) is -0.995. The minimum atomic E-state index is -4.22. The highest BCUT2D eigenvalue weighted by Crippen LogP contribution is 2.41. The molecule has 1 aromatic rings. The molecule has 0 saturated carbocycles. The number of hydrogen-bond acceptors (Lipinski definition) is 1. The third-order valence-electron chi connectivity index (χ3n) is 3.75. The maximum atomic E-state index is 12.2. The summed E-state index contributed by atoms with van der Waals surface area (Å²) in [4.78, 5) is 11.5. The molecule has 0 saturated heterocycles. The van der Waals surface area contributed by atoms with E-state index in [1.54, 1.807) is 0 Å². The Kier molecular flexibility index (Phi) is 3.56. The molecule has 1 aromatic carbocycles. The molecule has 0 unspecified atom stereocenters. The zero-order valence-electron chi connectivity index (χ0n) is 10.3. The van der Waals surface area contributed by atoms with Crippen LogP contribution in [0.5, 0.6) is 0 Å². The number of rotatable bonds is 4. The Balaban J connectivity index is 2.08. The quantitative estimate of drug-likeness (QED) is 0.909. The van der Waals surface area contributed by atoms with Crippen LogP contribution in [0.2, 0.25) is 0 Å². The van der Waals surface area contributed by atoms with E-state index in [0.717, 1.165) is 11.1 Å². The number of halogens is 3. The van der Waals surface area contributed by atoms with Gasteiger partial charge in [0, 0.05) is 6.42 Å². The molecule has 5 heteroatoms. The SMILES string of the molecule is O=C(O)C1(CCCC(F)(F)F)Cc2ccccc2C1. The summed E-state index contributed by atoms with van der Waals surface area (Å²) in [5, 5.41) is 9.38. The van der Waals surface area contributed by atoms with E-state index >= 15 is 0 Å². The molecule has 0 atom stereocenters. The van der Waals surface area contributed by atoms with Crippen molar-refractivity contribution in [1.82, 2.24) is 0 Å². The molecule has 0 bridgehead atoms. The highest BCUT2D eigenvalue weighted by atomic mass is 19.4. The summed E-state index contributed by atoms with van der Waals surface area (Å²) in [6.45, 7) is 0. The summed E-state index contributed by atoms with van der Waals surface area (Å²) in [5.41, 5.74) is 0.823. The van der Waals surface area contributed by atoms with Crippen LogP contribution in [0.15, 0.2) is 24.3 Å². The van der Waals surface area contributed by atoms with Gasteiger partial charge in [-0.1, -0.05) is 24.3 Å². The van der Waals surface area contributed by atoms with Gasteiger partial charge in [0.15, 0.2) is 0 Å². The van der Waals surface area contributed by atoms with Gasteiger partial charge in [-0.15, -0.1) is 0 Å². The Morgan fingerprint density at radius 2 is 1.74 bits per heavy atom. The van der Waals surface area contributed by atoms with Crippen molar-refractivity contribution in [3.8, 4) is 0 Å². The van der Waals surface area contributed by atoms with E-state index in [4.69, 9.17) is 0 Å². The van der Waals surface area contributed by atoms with Gasteiger partial charge >= 0.3 is 12.1 Å². The maximum absolute atomic E-state index is 12.2. The minimum absolute atomic E-state index is 0.0660. The van der Waals surface area contributed by atoms with Crippen molar-refractivity contribution in [2.24, 2.45) is 5.41 Å². The molecule has 0 aliphatic heterocycles. The molecule has 0 aromatic heterocycles. The first-order valence-electron chi connectivity index (χ1n) is 6.19. The number of benzene rings is 1. The van der Waals surface area contributed by atoms with Crippen LogP contribution in [0.4, 0.5) is 13.2 Å². The van der Waals surface area contributed by atoms with E-state index in [0.29, 0.717) is 12.8 Å². The Hall–Kier alpha value is -1.52. The highest BCUT2D eigenvalue weighted by molar-refractivity contribution is 5.77. The second-order valence-electron chi connectivity index (χ2n) is 5.18. The van der Waals surface area contributed by atoms with Crippen molar-refractivity contribution in [2.45, 2.75) is 38.3 Å². The van der Waals surface area contributed by atoms with Crippen molar-refractivity contribution in [3.05, 3.63) is 35.4 Å². The molecular formula is C14H15F3O2. The lowest BCUT2D eigenvalue weighted by atomic mass is 9.80. The fourth-order valence-corrected chi connectivity index (χ4v) is 2.76. The molecule has 0 fully saturated rings. The predicted molar refractivity (Wildman–Crippen MR) is 63.8 cm³/mol. The van der Waals surface area contributed by atoms with Gasteiger partial charge in [0.2, 0.25) is 0 Å². The fraction of sp³-hybridized carbons (Fsp3) is 0.500. The molecule has 2 nitrogen and oxygen atoms in total. The normalized spacial score (nSPS) is 17.2. The van der Waals surface area contributed by atoms with Crippen LogP contribution in [0, 0.1) is 5.41 Å². The first-order chi connectivity index (χ1) is 8.82. The van der Waals surface area contributed by atoms with E-state index in [2.05, 4.69) is 0 Å². The molecule has 1 aliphatic rings. The molecule has 1 N–H and O–H groups in total. The van der Waals surface area contributed by atoms with Gasteiger partial charge in [0.25, 0.3) is 0 Å². The fourth-order valence-electron chi connectivity index (χ4n) is 2.76.